The number of hydrogen-bond acceptors (Lipinski definition) is 3. The highest BCUT2D eigenvalue weighted by Gasteiger charge is 2.44. The van der Waals surface area contributed by atoms with Crippen molar-refractivity contribution in [2.45, 2.75) is 32.6 Å². The maximum Gasteiger partial charge on any atom is 0.307 e. The molecule has 1 aliphatic carbocycles. The van der Waals surface area contributed by atoms with Gasteiger partial charge >= 0.3 is 5.97 Å². The molecule has 3 N–H and O–H groups in total. The molecular weight excluding hydrogens is 260 g/mol. The van der Waals surface area contributed by atoms with Crippen molar-refractivity contribution in [1.29, 1.82) is 0 Å². The zero-order valence-electron chi connectivity index (χ0n) is 11.7. The molecule has 0 aromatic heterocycles. The summed E-state index contributed by atoms with van der Waals surface area (Å²) in [5.41, 5.74) is 5.26. The van der Waals surface area contributed by atoms with Gasteiger partial charge in [-0.15, -0.1) is 0 Å². The van der Waals surface area contributed by atoms with Crippen molar-refractivity contribution < 1.29 is 19.5 Å². The zero-order chi connectivity index (χ0) is 14.9. The van der Waals surface area contributed by atoms with Crippen molar-refractivity contribution in [3.63, 3.8) is 0 Å². The molecule has 1 heterocycles. The first-order chi connectivity index (χ1) is 9.43. The van der Waals surface area contributed by atoms with E-state index in [0.29, 0.717) is 38.3 Å². The van der Waals surface area contributed by atoms with Crippen LogP contribution in [-0.4, -0.2) is 40.9 Å². The van der Waals surface area contributed by atoms with E-state index in [4.69, 9.17) is 5.73 Å². The SMILES string of the molecule is CCC1C[C@H](C(=O)N2CCC(C(N)=O)C2)[C@H](C(=O)O)C1. The van der Waals surface area contributed by atoms with Gasteiger partial charge in [-0.2, -0.15) is 0 Å². The van der Waals surface area contributed by atoms with E-state index in [-0.39, 0.29) is 17.7 Å². The molecule has 0 aromatic rings. The maximum absolute atomic E-state index is 12.5. The second kappa shape index (κ2) is 5.81. The van der Waals surface area contributed by atoms with Gasteiger partial charge < -0.3 is 15.7 Å². The van der Waals surface area contributed by atoms with Gasteiger partial charge in [-0.25, -0.2) is 0 Å². The number of carbonyl (C=O) groups is 3. The summed E-state index contributed by atoms with van der Waals surface area (Å²) in [5.74, 6) is -2.38. The quantitative estimate of drug-likeness (QED) is 0.782. The Kier molecular flexibility index (Phi) is 4.30. The zero-order valence-corrected chi connectivity index (χ0v) is 11.7. The molecule has 0 bridgehead atoms. The fourth-order valence-corrected chi connectivity index (χ4v) is 3.45. The molecule has 2 unspecified atom stereocenters. The van der Waals surface area contributed by atoms with Crippen LogP contribution in [0.4, 0.5) is 0 Å². The highest BCUT2D eigenvalue weighted by atomic mass is 16.4. The van der Waals surface area contributed by atoms with Gasteiger partial charge in [-0.1, -0.05) is 13.3 Å². The second-order valence-electron chi connectivity index (χ2n) is 5.97. The van der Waals surface area contributed by atoms with Gasteiger partial charge in [-0.05, 0) is 25.2 Å². The number of carboxylic acid groups (broad SMARTS) is 1. The Morgan fingerprint density at radius 3 is 2.40 bits per heavy atom. The van der Waals surface area contributed by atoms with Crippen LogP contribution in [0.25, 0.3) is 0 Å². The van der Waals surface area contributed by atoms with Gasteiger partial charge in [0.25, 0.3) is 0 Å². The molecule has 6 heteroatoms. The molecule has 0 aromatic carbocycles. The molecule has 112 valence electrons. The Bertz CT molecular complexity index is 423. The lowest BCUT2D eigenvalue weighted by atomic mass is 9.95. The number of rotatable bonds is 4. The van der Waals surface area contributed by atoms with Crippen LogP contribution in [0.3, 0.4) is 0 Å². The Morgan fingerprint density at radius 1 is 1.25 bits per heavy atom. The maximum atomic E-state index is 12.5. The molecule has 4 atom stereocenters. The van der Waals surface area contributed by atoms with E-state index in [1.165, 1.54) is 0 Å². The average Bonchev–Trinajstić information content (AvgIpc) is 3.04. The number of primary amides is 1. The lowest BCUT2D eigenvalue weighted by molar-refractivity contribution is -0.148. The molecule has 0 radical (unpaired) electrons. The molecule has 20 heavy (non-hydrogen) atoms. The molecule has 2 aliphatic rings. The van der Waals surface area contributed by atoms with Crippen molar-refractivity contribution >= 4 is 17.8 Å². The summed E-state index contributed by atoms with van der Waals surface area (Å²) in [6.07, 6.45) is 2.71. The Balaban J connectivity index is 2.04. The van der Waals surface area contributed by atoms with E-state index in [0.717, 1.165) is 6.42 Å². The van der Waals surface area contributed by atoms with E-state index >= 15 is 0 Å². The fourth-order valence-electron chi connectivity index (χ4n) is 3.45. The standard InChI is InChI=1S/C14H22N2O4/c1-2-8-5-10(11(6-8)14(19)20)13(18)16-4-3-9(7-16)12(15)17/h8-11H,2-7H2,1H3,(H2,15,17)(H,19,20)/t8?,9?,10-,11+/m0/s1. The first-order valence-electron chi connectivity index (χ1n) is 7.24. The first-order valence-corrected chi connectivity index (χ1v) is 7.24. The molecule has 0 spiro atoms. The summed E-state index contributed by atoms with van der Waals surface area (Å²) in [7, 11) is 0. The van der Waals surface area contributed by atoms with Gasteiger partial charge in [-0.3, -0.25) is 14.4 Å². The van der Waals surface area contributed by atoms with Crippen LogP contribution in [-0.2, 0) is 14.4 Å². The number of carboxylic acids is 1. The minimum Gasteiger partial charge on any atom is -0.481 e. The van der Waals surface area contributed by atoms with Gasteiger partial charge in [0.1, 0.15) is 0 Å². The largest absolute Gasteiger partial charge is 0.481 e. The molecule has 1 aliphatic heterocycles. The molecule has 2 rings (SSSR count). The second-order valence-corrected chi connectivity index (χ2v) is 5.97. The Hall–Kier alpha value is -1.59. The van der Waals surface area contributed by atoms with Crippen molar-refractivity contribution in [3.8, 4) is 0 Å². The summed E-state index contributed by atoms with van der Waals surface area (Å²) in [6, 6.07) is 0. The van der Waals surface area contributed by atoms with E-state index < -0.39 is 17.8 Å². The van der Waals surface area contributed by atoms with Crippen molar-refractivity contribution in [2.24, 2.45) is 29.4 Å². The molecule has 2 amide bonds. The van der Waals surface area contributed by atoms with Crippen LogP contribution < -0.4 is 5.73 Å². The van der Waals surface area contributed by atoms with Crippen molar-refractivity contribution in [3.05, 3.63) is 0 Å². The van der Waals surface area contributed by atoms with Crippen molar-refractivity contribution in [2.75, 3.05) is 13.1 Å². The minimum absolute atomic E-state index is 0.114. The smallest absolute Gasteiger partial charge is 0.307 e. The number of aliphatic carboxylic acids is 1. The lowest BCUT2D eigenvalue weighted by Gasteiger charge is -2.23. The van der Waals surface area contributed by atoms with E-state index in [9.17, 15) is 19.5 Å². The van der Waals surface area contributed by atoms with Gasteiger partial charge in [0, 0.05) is 13.1 Å². The third-order valence-corrected chi connectivity index (χ3v) is 4.77. The minimum atomic E-state index is -0.884. The predicted octanol–water partition coefficient (Wildman–Crippen LogP) is 0.457. The van der Waals surface area contributed by atoms with Crippen LogP contribution in [0.15, 0.2) is 0 Å². The molecule has 1 saturated carbocycles. The number of amides is 2. The third kappa shape index (κ3) is 2.78. The first kappa shape index (κ1) is 14.8. The van der Waals surface area contributed by atoms with Gasteiger partial charge in [0.2, 0.25) is 11.8 Å². The Labute approximate surface area is 118 Å². The average molecular weight is 282 g/mol. The van der Waals surface area contributed by atoms with Crippen molar-refractivity contribution in [1.82, 2.24) is 4.90 Å². The number of likely N-dealkylation sites (tertiary alicyclic amines) is 1. The lowest BCUT2D eigenvalue weighted by Crippen LogP contribution is -2.38. The highest BCUT2D eigenvalue weighted by Crippen LogP contribution is 2.40. The van der Waals surface area contributed by atoms with E-state index in [2.05, 4.69) is 0 Å². The van der Waals surface area contributed by atoms with Gasteiger partial charge in [0.15, 0.2) is 0 Å². The molecule has 2 fully saturated rings. The van der Waals surface area contributed by atoms with Gasteiger partial charge in [0.05, 0.1) is 17.8 Å². The van der Waals surface area contributed by atoms with E-state index in [1.807, 2.05) is 6.92 Å². The van der Waals surface area contributed by atoms with Crippen LogP contribution in [0.5, 0.6) is 0 Å². The van der Waals surface area contributed by atoms with Crippen LogP contribution in [0, 0.1) is 23.7 Å². The Morgan fingerprint density at radius 2 is 1.90 bits per heavy atom. The monoisotopic (exact) mass is 282 g/mol. The number of nitrogens with zero attached hydrogens (tertiary/aromatic N) is 1. The van der Waals surface area contributed by atoms with Crippen LogP contribution >= 0.6 is 0 Å². The number of carbonyl (C=O) groups excluding carboxylic acids is 2. The number of nitrogens with two attached hydrogens (primary N) is 1. The molecule has 1 saturated heterocycles. The summed E-state index contributed by atoms with van der Waals surface area (Å²) in [6.45, 7) is 2.87. The summed E-state index contributed by atoms with van der Waals surface area (Å²) < 4.78 is 0. The predicted molar refractivity (Wildman–Crippen MR) is 71.5 cm³/mol. The van der Waals surface area contributed by atoms with E-state index in [1.54, 1.807) is 4.90 Å². The van der Waals surface area contributed by atoms with Crippen LogP contribution in [0.1, 0.15) is 32.6 Å². The molecular formula is C14H22N2O4. The molecule has 6 nitrogen and oxygen atoms in total. The summed E-state index contributed by atoms with van der Waals surface area (Å²) in [4.78, 5) is 36.6. The summed E-state index contributed by atoms with van der Waals surface area (Å²) in [5, 5.41) is 9.28. The number of hydrogen-bond donors (Lipinski definition) is 2. The van der Waals surface area contributed by atoms with Crippen LogP contribution in [0.2, 0.25) is 0 Å². The normalized spacial score (nSPS) is 33.4. The highest BCUT2D eigenvalue weighted by molar-refractivity contribution is 5.86. The fraction of sp³-hybridized carbons (Fsp3) is 0.786. The third-order valence-electron chi connectivity index (χ3n) is 4.77. The summed E-state index contributed by atoms with van der Waals surface area (Å²) >= 11 is 0. The topological polar surface area (TPSA) is 101 Å².